The fraction of sp³-hybridized carbons (Fsp3) is 0.529. The monoisotopic (exact) mass is 606 g/mol. The molecular formula is C34H50N6O4. The second-order valence-corrected chi connectivity index (χ2v) is 12.4. The first-order valence-corrected chi connectivity index (χ1v) is 15.7. The number of hydrogen-bond donors (Lipinski definition) is 4. The molecule has 0 atom stereocenters. The van der Waals surface area contributed by atoms with Gasteiger partial charge in [-0.1, -0.05) is 38.1 Å². The number of benzene rings is 2. The van der Waals surface area contributed by atoms with E-state index in [4.69, 9.17) is 0 Å². The molecule has 2 aromatic rings. The molecule has 0 radical (unpaired) electrons. The molecular weight excluding hydrogens is 556 g/mol. The number of hydrogen-bond acceptors (Lipinski definition) is 6. The molecule has 1 aliphatic heterocycles. The van der Waals surface area contributed by atoms with Crippen molar-refractivity contribution in [3.8, 4) is 0 Å². The van der Waals surface area contributed by atoms with E-state index in [1.54, 1.807) is 19.1 Å². The Hall–Kier alpha value is -3.76. The smallest absolute Gasteiger partial charge is 0.251 e. The van der Waals surface area contributed by atoms with Gasteiger partial charge in [0.1, 0.15) is 0 Å². The third-order valence-corrected chi connectivity index (χ3v) is 7.93. The largest absolute Gasteiger partial charge is 0.352 e. The molecule has 10 nitrogen and oxygen atoms in total. The number of carbonyl (C=O) groups is 4. The van der Waals surface area contributed by atoms with E-state index in [0.717, 1.165) is 30.8 Å². The van der Waals surface area contributed by atoms with E-state index >= 15 is 0 Å². The van der Waals surface area contributed by atoms with Crippen LogP contribution in [0, 0.1) is 5.92 Å². The Morgan fingerprint density at radius 1 is 0.795 bits per heavy atom. The molecule has 44 heavy (non-hydrogen) atoms. The second kappa shape index (κ2) is 16.9. The Labute approximate surface area is 262 Å². The fourth-order valence-corrected chi connectivity index (χ4v) is 5.15. The van der Waals surface area contributed by atoms with Gasteiger partial charge in [0.25, 0.3) is 11.8 Å². The molecule has 1 fully saturated rings. The summed E-state index contributed by atoms with van der Waals surface area (Å²) in [4.78, 5) is 53.7. The summed E-state index contributed by atoms with van der Waals surface area (Å²) >= 11 is 0. The van der Waals surface area contributed by atoms with Crippen LogP contribution >= 0.6 is 0 Å². The summed E-state index contributed by atoms with van der Waals surface area (Å²) in [6.07, 6.45) is 2.47. The van der Waals surface area contributed by atoms with E-state index in [-0.39, 0.29) is 29.5 Å². The van der Waals surface area contributed by atoms with Crippen molar-refractivity contribution in [2.75, 3.05) is 45.8 Å². The Kier molecular flexibility index (Phi) is 13.4. The maximum absolute atomic E-state index is 12.6. The van der Waals surface area contributed by atoms with Gasteiger partial charge in [-0.3, -0.25) is 19.2 Å². The van der Waals surface area contributed by atoms with Crippen molar-refractivity contribution in [1.29, 1.82) is 0 Å². The van der Waals surface area contributed by atoms with E-state index in [9.17, 15) is 19.2 Å². The molecule has 0 bridgehead atoms. The Morgan fingerprint density at radius 2 is 1.34 bits per heavy atom. The molecule has 4 N–H and O–H groups in total. The van der Waals surface area contributed by atoms with Gasteiger partial charge < -0.3 is 31.1 Å². The summed E-state index contributed by atoms with van der Waals surface area (Å²) < 4.78 is 0. The van der Waals surface area contributed by atoms with Gasteiger partial charge in [-0.2, -0.15) is 0 Å². The molecule has 0 aliphatic carbocycles. The number of amides is 4. The predicted molar refractivity (Wildman–Crippen MR) is 173 cm³/mol. The molecule has 10 heteroatoms. The van der Waals surface area contributed by atoms with Gasteiger partial charge in [-0.05, 0) is 75.2 Å². The van der Waals surface area contributed by atoms with E-state index in [1.165, 1.54) is 12.8 Å². The third kappa shape index (κ3) is 11.1. The van der Waals surface area contributed by atoms with Gasteiger partial charge in [-0.25, -0.2) is 0 Å². The summed E-state index contributed by atoms with van der Waals surface area (Å²) in [6, 6.07) is 14.6. The van der Waals surface area contributed by atoms with Gasteiger partial charge >= 0.3 is 0 Å². The molecule has 0 spiro atoms. The van der Waals surface area contributed by atoms with Crippen LogP contribution in [-0.2, 0) is 22.7 Å². The Bertz CT molecular complexity index is 1240. The van der Waals surface area contributed by atoms with Gasteiger partial charge in [0.2, 0.25) is 11.8 Å². The summed E-state index contributed by atoms with van der Waals surface area (Å²) in [6.45, 7) is 15.4. The minimum atomic E-state index is -0.484. The lowest BCUT2D eigenvalue weighted by Gasteiger charge is -2.38. The summed E-state index contributed by atoms with van der Waals surface area (Å²) in [7, 11) is 0. The van der Waals surface area contributed by atoms with Crippen molar-refractivity contribution in [2.45, 2.75) is 66.1 Å². The van der Waals surface area contributed by atoms with E-state index in [1.807, 2.05) is 69.0 Å². The van der Waals surface area contributed by atoms with Gasteiger partial charge in [0.05, 0.1) is 5.54 Å². The first kappa shape index (κ1) is 34.7. The van der Waals surface area contributed by atoms with Crippen molar-refractivity contribution in [3.63, 3.8) is 0 Å². The Balaban J connectivity index is 1.40. The molecule has 1 saturated heterocycles. The minimum absolute atomic E-state index is 0.00720. The fourth-order valence-electron chi connectivity index (χ4n) is 5.15. The number of nitrogens with one attached hydrogen (secondary N) is 4. The van der Waals surface area contributed by atoms with Crippen molar-refractivity contribution in [3.05, 3.63) is 70.8 Å². The van der Waals surface area contributed by atoms with Crippen LogP contribution in [0.25, 0.3) is 0 Å². The highest BCUT2D eigenvalue weighted by Crippen LogP contribution is 2.18. The lowest BCUT2D eigenvalue weighted by atomic mass is 10.0. The van der Waals surface area contributed by atoms with Crippen molar-refractivity contribution in [2.24, 2.45) is 5.92 Å². The zero-order valence-electron chi connectivity index (χ0n) is 27.0. The van der Waals surface area contributed by atoms with Crippen LogP contribution < -0.4 is 21.3 Å². The highest BCUT2D eigenvalue weighted by molar-refractivity contribution is 5.94. The van der Waals surface area contributed by atoms with Crippen LogP contribution in [0.5, 0.6) is 0 Å². The summed E-state index contributed by atoms with van der Waals surface area (Å²) in [5.41, 5.74) is 2.56. The number of rotatable bonds is 16. The summed E-state index contributed by atoms with van der Waals surface area (Å²) in [5, 5.41) is 12.1. The van der Waals surface area contributed by atoms with Crippen molar-refractivity contribution in [1.82, 2.24) is 31.1 Å². The van der Waals surface area contributed by atoms with Crippen molar-refractivity contribution >= 4 is 23.6 Å². The SMILES string of the molecule is CC(=O)N(Cc1ccc(C(=O)NCCN2CCCC2)cc1)C(C)(C)CNCCNC(=O)c1ccc(CNC(=O)C(C)C)cc1. The molecule has 0 saturated carbocycles. The third-order valence-electron chi connectivity index (χ3n) is 7.93. The van der Waals surface area contributed by atoms with Gasteiger partial charge in [0.15, 0.2) is 0 Å². The first-order chi connectivity index (χ1) is 21.0. The van der Waals surface area contributed by atoms with Crippen LogP contribution in [0.15, 0.2) is 48.5 Å². The number of carbonyl (C=O) groups excluding carboxylic acids is 4. The molecule has 4 amide bonds. The van der Waals surface area contributed by atoms with E-state index in [0.29, 0.717) is 50.4 Å². The van der Waals surface area contributed by atoms with Gasteiger partial charge in [0, 0.05) is 69.8 Å². The molecule has 0 aromatic heterocycles. The maximum Gasteiger partial charge on any atom is 0.251 e. The zero-order chi connectivity index (χ0) is 32.1. The summed E-state index contributed by atoms with van der Waals surface area (Å²) in [5.74, 6) is -0.372. The molecule has 1 heterocycles. The Morgan fingerprint density at radius 3 is 1.89 bits per heavy atom. The normalized spacial score (nSPS) is 13.5. The number of nitrogens with zero attached hydrogens (tertiary/aromatic N) is 2. The van der Waals surface area contributed by atoms with Crippen LogP contribution in [0.2, 0.25) is 0 Å². The molecule has 240 valence electrons. The second-order valence-electron chi connectivity index (χ2n) is 12.4. The van der Waals surface area contributed by atoms with Crippen LogP contribution in [0.3, 0.4) is 0 Å². The topological polar surface area (TPSA) is 123 Å². The average molecular weight is 607 g/mol. The van der Waals surface area contributed by atoms with E-state index < -0.39 is 5.54 Å². The number of likely N-dealkylation sites (tertiary alicyclic amines) is 1. The predicted octanol–water partition coefficient (Wildman–Crippen LogP) is 2.93. The minimum Gasteiger partial charge on any atom is -0.352 e. The first-order valence-electron chi connectivity index (χ1n) is 15.7. The standard InChI is InChI=1S/C34H50N6O4/c1-25(2)31(42)38-22-27-8-12-29(13-9-27)32(43)36-17-16-35-24-34(4,5)40(26(3)41)23-28-10-14-30(15-11-28)33(44)37-18-21-39-19-6-7-20-39/h8-15,25,35H,6-7,16-24H2,1-5H3,(H,36,43)(H,37,44)(H,38,42). The lowest BCUT2D eigenvalue weighted by Crippen LogP contribution is -2.53. The lowest BCUT2D eigenvalue weighted by molar-refractivity contribution is -0.134. The van der Waals surface area contributed by atoms with Crippen molar-refractivity contribution < 1.29 is 19.2 Å². The molecule has 0 unspecified atom stereocenters. The van der Waals surface area contributed by atoms with E-state index in [2.05, 4.69) is 26.2 Å². The zero-order valence-corrected chi connectivity index (χ0v) is 27.0. The van der Waals surface area contributed by atoms with Crippen LogP contribution in [-0.4, -0.2) is 84.8 Å². The maximum atomic E-state index is 12.6. The molecule has 1 aliphatic rings. The molecule has 2 aromatic carbocycles. The van der Waals surface area contributed by atoms with Crippen LogP contribution in [0.4, 0.5) is 0 Å². The van der Waals surface area contributed by atoms with Crippen LogP contribution in [0.1, 0.15) is 79.3 Å². The highest BCUT2D eigenvalue weighted by atomic mass is 16.2. The quantitative estimate of drug-likeness (QED) is 0.218. The molecule has 3 rings (SSSR count). The highest BCUT2D eigenvalue weighted by Gasteiger charge is 2.28. The average Bonchev–Trinajstić information content (AvgIpc) is 3.52. The van der Waals surface area contributed by atoms with Gasteiger partial charge in [-0.15, -0.1) is 0 Å².